The highest BCUT2D eigenvalue weighted by Gasteiger charge is 2.21. The van der Waals surface area contributed by atoms with Crippen LogP contribution in [0.5, 0.6) is 0 Å². The lowest BCUT2D eigenvalue weighted by Crippen LogP contribution is -2.12. The van der Waals surface area contributed by atoms with Crippen molar-refractivity contribution in [1.82, 2.24) is 0 Å². The van der Waals surface area contributed by atoms with Gasteiger partial charge in [0.1, 0.15) is 0 Å². The molecule has 6 aromatic rings. The van der Waals surface area contributed by atoms with Gasteiger partial charge < -0.3 is 9.80 Å². The van der Waals surface area contributed by atoms with E-state index in [2.05, 4.69) is 184 Å². The van der Waals surface area contributed by atoms with Gasteiger partial charge >= 0.3 is 0 Å². The summed E-state index contributed by atoms with van der Waals surface area (Å²) in [5, 5.41) is 2.63. The van der Waals surface area contributed by atoms with Gasteiger partial charge in [0.05, 0.1) is 0 Å². The van der Waals surface area contributed by atoms with Crippen LogP contribution in [0.1, 0.15) is 56.2 Å². The van der Waals surface area contributed by atoms with Gasteiger partial charge in [-0.05, 0) is 119 Å². The molecule has 0 radical (unpaired) electrons. The first-order valence-corrected chi connectivity index (χ1v) is 15.3. The highest BCUT2D eigenvalue weighted by molar-refractivity contribution is 5.98. The minimum atomic E-state index is 0.342. The van der Waals surface area contributed by atoms with Crippen molar-refractivity contribution in [1.29, 1.82) is 0 Å². The zero-order valence-corrected chi connectivity index (χ0v) is 25.8. The van der Waals surface area contributed by atoms with Gasteiger partial charge in [-0.1, -0.05) is 94.4 Å². The normalized spacial score (nSPS) is 11.3. The van der Waals surface area contributed by atoms with Crippen molar-refractivity contribution in [3.8, 4) is 0 Å². The highest BCUT2D eigenvalue weighted by atomic mass is 15.1. The highest BCUT2D eigenvalue weighted by Crippen LogP contribution is 2.44. The SMILES string of the molecule is Cc1cccc(N(c2ccccc2)c2cc(C(C)C)c3cc(N(c4ccccc4)c4ccccc4)cc(C(C)C)c3c2)c1. The first-order valence-electron chi connectivity index (χ1n) is 15.3. The lowest BCUT2D eigenvalue weighted by atomic mass is 9.88. The summed E-state index contributed by atoms with van der Waals surface area (Å²) in [4.78, 5) is 4.78. The molecule has 2 nitrogen and oxygen atoms in total. The van der Waals surface area contributed by atoms with Crippen LogP contribution < -0.4 is 9.80 Å². The summed E-state index contributed by atoms with van der Waals surface area (Å²) in [6.07, 6.45) is 0. The molecule has 0 spiro atoms. The Kier molecular flexibility index (Phi) is 8.03. The maximum absolute atomic E-state index is 2.41. The predicted octanol–water partition coefficient (Wildman–Crippen LogP) is 12.3. The van der Waals surface area contributed by atoms with E-state index in [1.807, 2.05) is 0 Å². The van der Waals surface area contributed by atoms with Gasteiger partial charge in [0.15, 0.2) is 0 Å². The van der Waals surface area contributed by atoms with Crippen molar-refractivity contribution < 1.29 is 0 Å². The Labute approximate surface area is 256 Å². The number of fused-ring (bicyclic) bond motifs is 1. The van der Waals surface area contributed by atoms with Crippen LogP contribution >= 0.6 is 0 Å². The Morgan fingerprint density at radius 3 is 1.12 bits per heavy atom. The first kappa shape index (κ1) is 28.3. The Morgan fingerprint density at radius 2 is 0.744 bits per heavy atom. The van der Waals surface area contributed by atoms with E-state index in [4.69, 9.17) is 0 Å². The number of hydrogen-bond acceptors (Lipinski definition) is 2. The van der Waals surface area contributed by atoms with Gasteiger partial charge in [-0.15, -0.1) is 0 Å². The number of anilines is 6. The van der Waals surface area contributed by atoms with Gasteiger partial charge in [0.25, 0.3) is 0 Å². The summed E-state index contributed by atoms with van der Waals surface area (Å²) < 4.78 is 0. The third-order valence-corrected chi connectivity index (χ3v) is 8.17. The molecule has 2 heteroatoms. The minimum absolute atomic E-state index is 0.342. The third kappa shape index (κ3) is 5.79. The molecular formula is C41H40N2. The third-order valence-electron chi connectivity index (χ3n) is 8.17. The monoisotopic (exact) mass is 560 g/mol. The summed E-state index contributed by atoms with van der Waals surface area (Å²) in [5.41, 5.74) is 11.0. The fourth-order valence-corrected chi connectivity index (χ4v) is 6.09. The Hall–Kier alpha value is -4.82. The second-order valence-electron chi connectivity index (χ2n) is 12.0. The Morgan fingerprint density at radius 1 is 0.372 bits per heavy atom. The van der Waals surface area contributed by atoms with Crippen molar-refractivity contribution in [2.24, 2.45) is 0 Å². The van der Waals surface area contributed by atoms with Crippen molar-refractivity contribution in [2.75, 3.05) is 9.80 Å². The van der Waals surface area contributed by atoms with Crippen LogP contribution in [-0.2, 0) is 0 Å². The molecule has 0 aliphatic rings. The standard InChI is InChI=1S/C41H40N2/c1-29(2)38-25-36(42(32-17-9-6-10-18-32)33-19-11-7-12-20-33)27-40-39(30(3)4)26-37(28-41(38)40)43(34-21-13-8-14-22-34)35-23-15-16-31(5)24-35/h6-30H,1-5H3. The number of hydrogen-bond donors (Lipinski definition) is 0. The van der Waals surface area contributed by atoms with E-state index >= 15 is 0 Å². The molecule has 6 rings (SSSR count). The summed E-state index contributed by atoms with van der Waals surface area (Å²) in [6.45, 7) is 11.4. The Balaban J connectivity index is 1.63. The van der Waals surface area contributed by atoms with E-state index in [-0.39, 0.29) is 0 Å². The summed E-state index contributed by atoms with van der Waals surface area (Å²) in [5.74, 6) is 0.685. The maximum atomic E-state index is 2.41. The fourth-order valence-electron chi connectivity index (χ4n) is 6.09. The summed E-state index contributed by atoms with van der Waals surface area (Å²) >= 11 is 0. The number of rotatable bonds is 8. The molecule has 0 atom stereocenters. The van der Waals surface area contributed by atoms with Crippen molar-refractivity contribution >= 4 is 44.9 Å². The smallest absolute Gasteiger partial charge is 0.0470 e. The van der Waals surface area contributed by atoms with E-state index in [1.54, 1.807) is 0 Å². The molecule has 214 valence electrons. The molecule has 0 amide bonds. The summed E-state index contributed by atoms with van der Waals surface area (Å²) in [7, 11) is 0. The number of para-hydroxylation sites is 3. The van der Waals surface area contributed by atoms with Crippen molar-refractivity contribution in [2.45, 2.75) is 46.5 Å². The Bertz CT molecular complexity index is 1780. The number of nitrogens with zero attached hydrogens (tertiary/aromatic N) is 2. The average molecular weight is 561 g/mol. The van der Waals surface area contributed by atoms with Crippen LogP contribution in [0.3, 0.4) is 0 Å². The van der Waals surface area contributed by atoms with Crippen LogP contribution in [0.4, 0.5) is 34.1 Å². The lowest BCUT2D eigenvalue weighted by Gasteiger charge is -2.30. The van der Waals surface area contributed by atoms with Crippen LogP contribution in [0.25, 0.3) is 10.8 Å². The van der Waals surface area contributed by atoms with E-state index in [0.29, 0.717) is 11.8 Å². The predicted molar refractivity (Wildman–Crippen MR) is 186 cm³/mol. The molecule has 0 heterocycles. The van der Waals surface area contributed by atoms with Crippen molar-refractivity contribution in [3.63, 3.8) is 0 Å². The van der Waals surface area contributed by atoms with E-state index in [1.165, 1.54) is 44.5 Å². The zero-order valence-electron chi connectivity index (χ0n) is 25.8. The van der Waals surface area contributed by atoms with Crippen LogP contribution in [0.2, 0.25) is 0 Å². The fraction of sp³-hybridized carbons (Fsp3) is 0.171. The maximum Gasteiger partial charge on any atom is 0.0470 e. The van der Waals surface area contributed by atoms with Crippen LogP contribution in [-0.4, -0.2) is 0 Å². The molecule has 0 bridgehead atoms. The molecule has 43 heavy (non-hydrogen) atoms. The molecule has 0 saturated heterocycles. The molecule has 6 aromatic carbocycles. The molecule has 0 aromatic heterocycles. The van der Waals surface area contributed by atoms with Crippen LogP contribution in [0, 0.1) is 6.92 Å². The zero-order chi connectivity index (χ0) is 29.9. The molecule has 0 unspecified atom stereocenters. The lowest BCUT2D eigenvalue weighted by molar-refractivity contribution is 0.867. The first-order chi connectivity index (χ1) is 20.9. The quantitative estimate of drug-likeness (QED) is 0.183. The molecule has 0 fully saturated rings. The average Bonchev–Trinajstić information content (AvgIpc) is 3.02. The topological polar surface area (TPSA) is 6.48 Å². The van der Waals surface area contributed by atoms with Crippen molar-refractivity contribution in [3.05, 3.63) is 156 Å². The van der Waals surface area contributed by atoms with E-state index < -0.39 is 0 Å². The summed E-state index contributed by atoms with van der Waals surface area (Å²) in [6, 6.07) is 50.5. The molecule has 0 saturated carbocycles. The molecular weight excluding hydrogens is 520 g/mol. The van der Waals surface area contributed by atoms with Gasteiger partial charge in [-0.2, -0.15) is 0 Å². The molecule has 0 aliphatic heterocycles. The molecule has 0 N–H and O–H groups in total. The second kappa shape index (κ2) is 12.2. The van der Waals surface area contributed by atoms with Gasteiger partial charge in [0, 0.05) is 34.1 Å². The molecule has 0 aliphatic carbocycles. The van der Waals surface area contributed by atoms with Gasteiger partial charge in [-0.25, -0.2) is 0 Å². The minimum Gasteiger partial charge on any atom is -0.310 e. The van der Waals surface area contributed by atoms with E-state index in [0.717, 1.165) is 17.1 Å². The van der Waals surface area contributed by atoms with Gasteiger partial charge in [0.2, 0.25) is 0 Å². The van der Waals surface area contributed by atoms with Gasteiger partial charge in [-0.3, -0.25) is 0 Å². The number of aryl methyl sites for hydroxylation is 1. The van der Waals surface area contributed by atoms with E-state index in [9.17, 15) is 0 Å². The number of benzene rings is 6. The second-order valence-corrected chi connectivity index (χ2v) is 12.0. The van der Waals surface area contributed by atoms with Crippen LogP contribution in [0.15, 0.2) is 140 Å². The largest absolute Gasteiger partial charge is 0.310 e.